The van der Waals surface area contributed by atoms with Crippen molar-refractivity contribution in [1.29, 1.82) is 0 Å². The van der Waals surface area contributed by atoms with Crippen LogP contribution < -0.4 is 4.72 Å². The van der Waals surface area contributed by atoms with Crippen molar-refractivity contribution in [2.24, 2.45) is 0 Å². The predicted octanol–water partition coefficient (Wildman–Crippen LogP) is 2.80. The number of aryl methyl sites for hydroxylation is 1. The van der Waals surface area contributed by atoms with Crippen LogP contribution in [0.5, 0.6) is 0 Å². The van der Waals surface area contributed by atoms with Gasteiger partial charge in [0.15, 0.2) is 0 Å². The molecule has 0 aliphatic carbocycles. The normalized spacial score (nSPS) is 11.1. The first-order chi connectivity index (χ1) is 9.83. The Morgan fingerprint density at radius 1 is 1.05 bits per heavy atom. The van der Waals surface area contributed by atoms with Gasteiger partial charge in [0.1, 0.15) is 0 Å². The highest BCUT2D eigenvalue weighted by Crippen LogP contribution is 2.24. The summed E-state index contributed by atoms with van der Waals surface area (Å²) in [5.74, 6) is -1.14. The Labute approximate surface area is 123 Å². The average Bonchev–Trinajstić information content (AvgIpc) is 2.38. The Morgan fingerprint density at radius 3 is 2.24 bits per heavy atom. The molecule has 110 valence electrons. The molecule has 0 aliphatic rings. The largest absolute Gasteiger partial charge is 0.478 e. The number of aromatic carboxylic acids is 1. The van der Waals surface area contributed by atoms with E-state index in [1.807, 2.05) is 0 Å². The van der Waals surface area contributed by atoms with Crippen molar-refractivity contribution in [3.63, 3.8) is 0 Å². The van der Waals surface area contributed by atoms with Gasteiger partial charge in [-0.05, 0) is 43.2 Å². The van der Waals surface area contributed by atoms with Gasteiger partial charge in [-0.15, -0.1) is 0 Å². The Morgan fingerprint density at radius 2 is 1.67 bits per heavy atom. The molecular formula is C15H15NO4S. The molecule has 0 unspecified atom stereocenters. The summed E-state index contributed by atoms with van der Waals surface area (Å²) in [5.41, 5.74) is 1.20. The molecule has 0 aromatic heterocycles. The summed E-state index contributed by atoms with van der Waals surface area (Å²) >= 11 is 0. The summed E-state index contributed by atoms with van der Waals surface area (Å²) in [6.07, 6.45) is 0. The smallest absolute Gasteiger partial charge is 0.336 e. The summed E-state index contributed by atoms with van der Waals surface area (Å²) in [6.45, 7) is 3.13. The van der Waals surface area contributed by atoms with Gasteiger partial charge in [0.05, 0.1) is 10.5 Å². The molecule has 0 aliphatic heterocycles. The fourth-order valence-corrected chi connectivity index (χ4v) is 3.47. The Bertz CT molecular complexity index is 783. The van der Waals surface area contributed by atoms with Crippen LogP contribution in [0.25, 0.3) is 0 Å². The predicted molar refractivity (Wildman–Crippen MR) is 80.1 cm³/mol. The van der Waals surface area contributed by atoms with Gasteiger partial charge in [0.25, 0.3) is 10.0 Å². The van der Waals surface area contributed by atoms with Gasteiger partial charge in [0.2, 0.25) is 0 Å². The lowest BCUT2D eigenvalue weighted by molar-refractivity contribution is 0.0695. The van der Waals surface area contributed by atoms with E-state index in [0.29, 0.717) is 11.3 Å². The molecule has 0 radical (unpaired) electrons. The molecule has 0 saturated carbocycles. The molecular weight excluding hydrogens is 290 g/mol. The van der Waals surface area contributed by atoms with Crippen LogP contribution in [0.2, 0.25) is 0 Å². The molecule has 2 N–H and O–H groups in total. The number of nitrogens with one attached hydrogen (secondary N) is 1. The third kappa shape index (κ3) is 3.05. The van der Waals surface area contributed by atoms with Gasteiger partial charge in [-0.1, -0.05) is 24.3 Å². The van der Waals surface area contributed by atoms with Gasteiger partial charge in [-0.3, -0.25) is 4.72 Å². The van der Waals surface area contributed by atoms with Gasteiger partial charge in [-0.25, -0.2) is 13.2 Å². The van der Waals surface area contributed by atoms with E-state index < -0.39 is 16.0 Å². The fourth-order valence-electron chi connectivity index (χ4n) is 2.16. The number of carbonyl (C=O) groups is 1. The maximum atomic E-state index is 12.4. The van der Waals surface area contributed by atoms with Crippen LogP contribution in [-0.4, -0.2) is 19.5 Å². The van der Waals surface area contributed by atoms with E-state index in [-0.39, 0.29) is 16.0 Å². The molecule has 21 heavy (non-hydrogen) atoms. The standard InChI is InChI=1S/C15H15NO4S/c1-10-8-9-13(11(2)14(10)15(17)18)21(19,20)16-12-6-4-3-5-7-12/h3-9,16H,1-2H3,(H,17,18). The zero-order valence-corrected chi connectivity index (χ0v) is 12.4. The second-order valence-corrected chi connectivity index (χ2v) is 6.31. The summed E-state index contributed by atoms with van der Waals surface area (Å²) in [4.78, 5) is 11.2. The Hall–Kier alpha value is -2.34. The number of sulfonamides is 1. The molecule has 0 saturated heterocycles. The van der Waals surface area contributed by atoms with Gasteiger partial charge in [-0.2, -0.15) is 0 Å². The number of hydrogen-bond acceptors (Lipinski definition) is 3. The third-order valence-corrected chi connectivity index (χ3v) is 4.68. The highest BCUT2D eigenvalue weighted by Gasteiger charge is 2.22. The number of para-hydroxylation sites is 1. The third-order valence-electron chi connectivity index (χ3n) is 3.15. The van der Waals surface area contributed by atoms with E-state index in [9.17, 15) is 18.3 Å². The molecule has 0 heterocycles. The number of anilines is 1. The Kier molecular flexibility index (Phi) is 3.99. The van der Waals surface area contributed by atoms with Crippen LogP contribution in [0.1, 0.15) is 21.5 Å². The minimum Gasteiger partial charge on any atom is -0.478 e. The molecule has 2 aromatic rings. The van der Waals surface area contributed by atoms with Gasteiger partial charge in [0, 0.05) is 5.69 Å². The highest BCUT2D eigenvalue weighted by atomic mass is 32.2. The van der Waals surface area contributed by atoms with Crippen molar-refractivity contribution in [2.75, 3.05) is 4.72 Å². The quantitative estimate of drug-likeness (QED) is 0.909. The SMILES string of the molecule is Cc1ccc(S(=O)(=O)Nc2ccccc2)c(C)c1C(=O)O. The monoisotopic (exact) mass is 305 g/mol. The van der Waals surface area contributed by atoms with Gasteiger partial charge >= 0.3 is 5.97 Å². The number of benzene rings is 2. The first-order valence-electron chi connectivity index (χ1n) is 6.24. The zero-order chi connectivity index (χ0) is 15.6. The van der Waals surface area contributed by atoms with Crippen LogP contribution in [0.15, 0.2) is 47.4 Å². The molecule has 0 amide bonds. The summed E-state index contributed by atoms with van der Waals surface area (Å²) in [6, 6.07) is 11.4. The van der Waals surface area contributed by atoms with E-state index in [1.54, 1.807) is 37.3 Å². The number of hydrogen-bond donors (Lipinski definition) is 2. The van der Waals surface area contributed by atoms with Crippen LogP contribution >= 0.6 is 0 Å². The van der Waals surface area contributed by atoms with Crippen molar-refractivity contribution in [3.05, 3.63) is 59.2 Å². The number of carboxylic acids is 1. The molecule has 2 rings (SSSR count). The topological polar surface area (TPSA) is 83.5 Å². The van der Waals surface area contributed by atoms with Crippen LogP contribution in [0, 0.1) is 13.8 Å². The zero-order valence-electron chi connectivity index (χ0n) is 11.6. The first-order valence-corrected chi connectivity index (χ1v) is 7.72. The lowest BCUT2D eigenvalue weighted by Crippen LogP contribution is -2.16. The maximum absolute atomic E-state index is 12.4. The molecule has 6 heteroatoms. The Balaban J connectivity index is 2.51. The van der Waals surface area contributed by atoms with Crippen molar-refractivity contribution in [3.8, 4) is 0 Å². The summed E-state index contributed by atoms with van der Waals surface area (Å²) < 4.78 is 27.2. The lowest BCUT2D eigenvalue weighted by atomic mass is 10.0. The molecule has 0 fully saturated rings. The average molecular weight is 305 g/mol. The second kappa shape index (κ2) is 5.57. The van der Waals surface area contributed by atoms with E-state index >= 15 is 0 Å². The first kappa shape index (κ1) is 15.1. The van der Waals surface area contributed by atoms with E-state index in [0.717, 1.165) is 0 Å². The number of rotatable bonds is 4. The van der Waals surface area contributed by atoms with Crippen LogP contribution in [0.4, 0.5) is 5.69 Å². The minimum absolute atomic E-state index is 0.0194. The van der Waals surface area contributed by atoms with Crippen molar-refractivity contribution < 1.29 is 18.3 Å². The van der Waals surface area contributed by atoms with Crippen LogP contribution in [0.3, 0.4) is 0 Å². The molecule has 2 aromatic carbocycles. The van der Waals surface area contributed by atoms with E-state index in [4.69, 9.17) is 0 Å². The summed E-state index contributed by atoms with van der Waals surface area (Å²) in [5, 5.41) is 9.21. The van der Waals surface area contributed by atoms with Crippen LogP contribution in [-0.2, 0) is 10.0 Å². The van der Waals surface area contributed by atoms with Crippen molar-refractivity contribution >= 4 is 21.7 Å². The number of carboxylic acid groups (broad SMARTS) is 1. The van der Waals surface area contributed by atoms with E-state index in [1.165, 1.54) is 19.1 Å². The molecule has 0 bridgehead atoms. The minimum atomic E-state index is -3.83. The molecule has 0 atom stereocenters. The molecule has 5 nitrogen and oxygen atoms in total. The fraction of sp³-hybridized carbons (Fsp3) is 0.133. The van der Waals surface area contributed by atoms with Crippen molar-refractivity contribution in [2.45, 2.75) is 18.7 Å². The highest BCUT2D eigenvalue weighted by molar-refractivity contribution is 7.92. The second-order valence-electron chi connectivity index (χ2n) is 4.66. The summed E-state index contributed by atoms with van der Waals surface area (Å²) in [7, 11) is -3.83. The molecule has 0 spiro atoms. The maximum Gasteiger partial charge on any atom is 0.336 e. The van der Waals surface area contributed by atoms with Gasteiger partial charge < -0.3 is 5.11 Å². The lowest BCUT2D eigenvalue weighted by Gasteiger charge is -2.13. The van der Waals surface area contributed by atoms with Crippen molar-refractivity contribution in [1.82, 2.24) is 0 Å². The van der Waals surface area contributed by atoms with E-state index in [2.05, 4.69) is 4.72 Å².